The van der Waals surface area contributed by atoms with E-state index in [2.05, 4.69) is 10.6 Å². The lowest BCUT2D eigenvalue weighted by Crippen LogP contribution is -2.49. The predicted molar refractivity (Wildman–Crippen MR) is 259 cm³/mol. The zero-order valence-corrected chi connectivity index (χ0v) is 40.6. The van der Waals surface area contributed by atoms with Gasteiger partial charge in [0, 0.05) is 91.9 Å². The molecule has 9 rings (SSSR count). The van der Waals surface area contributed by atoms with Crippen molar-refractivity contribution < 1.29 is 47.0 Å². The second-order valence-electron chi connectivity index (χ2n) is 18.9. The van der Waals surface area contributed by atoms with Crippen molar-refractivity contribution in [2.75, 3.05) is 51.3 Å². The summed E-state index contributed by atoms with van der Waals surface area (Å²) in [4.78, 5) is 69.4. The van der Waals surface area contributed by atoms with E-state index in [1.807, 2.05) is 42.2 Å². The SMILES string of the molecule is COc1ccc(C(N)=O)c(-c2c(Cl)c(F)cc3c2[C@H](C)[C@@](CNC2CCC(C(=O)N4CCC(OC5CCN(C(=O)c6ccc(Cl)c(N7CCC(=O)NC7=O)c6)CC5)CC4)CC2)(c2ccccc2)O3)c1F. The Hall–Kier alpha value is -5.81. The Morgan fingerprint density at radius 2 is 1.53 bits per heavy atom. The van der Waals surface area contributed by atoms with Crippen LogP contribution in [-0.4, -0.2) is 104 Å². The number of carbonyl (C=O) groups excluding carboxylic acids is 5. The standard InChI is InChI=1S/C52H56Cl2F2N6O8/c1-29-43-41(27-38(55)46(54)45(43)44-36(48(57)64)13-15-40(68-2)47(44)56)70-52(29,32-6-4-3-5-7-32)28-58-33-11-8-30(9-12-33)49(65)60-21-16-34(17-22-60)69-35-18-23-61(24-19-35)50(66)31-10-14-37(53)39(26-31)62-25-20-42(63)59-51(62)67/h3-7,10,13-15,26-27,29-30,33-35,58H,8-9,11-12,16-25,28H2,1-2H3,(H2,57,64)(H,59,63,67)/t29-,30?,33?,52-/m0/s1. The first-order valence-corrected chi connectivity index (χ1v) is 24.7. The molecule has 0 aromatic heterocycles. The van der Waals surface area contributed by atoms with Crippen molar-refractivity contribution in [3.63, 3.8) is 0 Å². The molecule has 1 saturated carbocycles. The smallest absolute Gasteiger partial charge is 0.328 e. The molecular weight excluding hydrogens is 946 g/mol. The fraction of sp³-hybridized carbons (Fsp3) is 0.442. The molecule has 1 aliphatic carbocycles. The van der Waals surface area contributed by atoms with Gasteiger partial charge in [0.1, 0.15) is 11.6 Å². The minimum atomic E-state index is -1.09. The molecule has 6 amide bonds. The lowest BCUT2D eigenvalue weighted by molar-refractivity contribution is -0.140. The zero-order valence-electron chi connectivity index (χ0n) is 39.0. The highest BCUT2D eigenvalue weighted by Crippen LogP contribution is 2.56. The van der Waals surface area contributed by atoms with Crippen LogP contribution in [0.1, 0.15) is 102 Å². The topological polar surface area (TPSA) is 173 Å². The molecule has 3 saturated heterocycles. The van der Waals surface area contributed by atoms with Gasteiger partial charge in [-0.1, -0.05) is 60.5 Å². The first-order chi connectivity index (χ1) is 33.7. The minimum absolute atomic E-state index is 0.00562. The van der Waals surface area contributed by atoms with Gasteiger partial charge in [0.05, 0.1) is 40.6 Å². The Balaban J connectivity index is 0.777. The normalized spacial score (nSPS) is 23.2. The highest BCUT2D eigenvalue weighted by Gasteiger charge is 2.50. The maximum absolute atomic E-state index is 16.2. The Kier molecular flexibility index (Phi) is 14.4. The third kappa shape index (κ3) is 9.54. The largest absolute Gasteiger partial charge is 0.494 e. The molecule has 4 fully saturated rings. The molecule has 370 valence electrons. The molecule has 5 aliphatic rings. The van der Waals surface area contributed by atoms with Crippen LogP contribution in [0.4, 0.5) is 19.3 Å². The van der Waals surface area contributed by atoms with E-state index in [1.165, 1.54) is 30.2 Å². The molecule has 4 heterocycles. The number of carbonyl (C=O) groups is 5. The second-order valence-corrected chi connectivity index (χ2v) is 19.7. The van der Waals surface area contributed by atoms with Crippen LogP contribution >= 0.6 is 23.2 Å². The van der Waals surface area contributed by atoms with E-state index in [-0.39, 0.29) is 88.1 Å². The van der Waals surface area contributed by atoms with E-state index in [4.69, 9.17) is 43.1 Å². The average Bonchev–Trinajstić information content (AvgIpc) is 3.65. The summed E-state index contributed by atoms with van der Waals surface area (Å²) in [7, 11) is 1.29. The zero-order chi connectivity index (χ0) is 49.4. The van der Waals surface area contributed by atoms with Crippen LogP contribution in [0, 0.1) is 17.6 Å². The summed E-state index contributed by atoms with van der Waals surface area (Å²) in [5.41, 5.74) is 6.23. The number of nitrogens with zero attached hydrogens (tertiary/aromatic N) is 3. The van der Waals surface area contributed by atoms with Gasteiger partial charge in [-0.2, -0.15) is 0 Å². The van der Waals surface area contributed by atoms with Crippen LogP contribution in [0.3, 0.4) is 0 Å². The summed E-state index contributed by atoms with van der Waals surface area (Å²) >= 11 is 13.1. The molecule has 0 unspecified atom stereocenters. The number of rotatable bonds is 12. The fourth-order valence-corrected chi connectivity index (χ4v) is 11.5. The molecule has 4 N–H and O–H groups in total. The van der Waals surface area contributed by atoms with E-state index in [1.54, 1.807) is 23.1 Å². The van der Waals surface area contributed by atoms with Crippen LogP contribution in [-0.2, 0) is 19.9 Å². The lowest BCUT2D eigenvalue weighted by Gasteiger charge is -2.39. The maximum Gasteiger partial charge on any atom is 0.328 e. The number of nitrogens with one attached hydrogen (secondary N) is 2. The third-order valence-corrected chi connectivity index (χ3v) is 15.6. The number of urea groups is 1. The van der Waals surface area contributed by atoms with E-state index in [9.17, 15) is 24.0 Å². The van der Waals surface area contributed by atoms with E-state index in [0.717, 1.165) is 31.2 Å². The van der Waals surface area contributed by atoms with Crippen molar-refractivity contribution in [1.82, 2.24) is 20.4 Å². The highest BCUT2D eigenvalue weighted by molar-refractivity contribution is 6.34. The van der Waals surface area contributed by atoms with Gasteiger partial charge in [0.2, 0.25) is 17.7 Å². The predicted octanol–water partition coefficient (Wildman–Crippen LogP) is 8.34. The third-order valence-electron chi connectivity index (χ3n) is 14.9. The van der Waals surface area contributed by atoms with Gasteiger partial charge < -0.3 is 35.1 Å². The van der Waals surface area contributed by atoms with Gasteiger partial charge in [-0.25, -0.2) is 13.6 Å². The molecule has 0 bridgehead atoms. The summed E-state index contributed by atoms with van der Waals surface area (Å²) < 4.78 is 50.6. The summed E-state index contributed by atoms with van der Waals surface area (Å²) in [6.07, 6.45) is 5.91. The Bertz CT molecular complexity index is 2690. The summed E-state index contributed by atoms with van der Waals surface area (Å²) in [6.45, 7) is 4.66. The van der Waals surface area contributed by atoms with Crippen LogP contribution in [0.25, 0.3) is 11.1 Å². The van der Waals surface area contributed by atoms with Crippen molar-refractivity contribution in [2.45, 2.75) is 94.5 Å². The van der Waals surface area contributed by atoms with Crippen molar-refractivity contribution in [3.8, 4) is 22.6 Å². The molecule has 2 atom stereocenters. The number of ether oxygens (including phenoxy) is 3. The molecule has 0 radical (unpaired) electrons. The molecule has 18 heteroatoms. The molecule has 14 nitrogen and oxygen atoms in total. The summed E-state index contributed by atoms with van der Waals surface area (Å²) in [5.74, 6) is -3.62. The average molecular weight is 1000 g/mol. The number of likely N-dealkylation sites (tertiary alicyclic amines) is 2. The number of nitrogens with two attached hydrogens (primary N) is 1. The quantitative estimate of drug-likeness (QED) is 0.126. The molecule has 4 aliphatic heterocycles. The van der Waals surface area contributed by atoms with Gasteiger partial charge >= 0.3 is 6.03 Å². The minimum Gasteiger partial charge on any atom is -0.494 e. The number of primary amides is 1. The number of anilines is 1. The first-order valence-electron chi connectivity index (χ1n) is 24.0. The van der Waals surface area contributed by atoms with Crippen LogP contribution in [0.15, 0.2) is 66.7 Å². The number of fused-ring (bicyclic) bond motifs is 1. The molecule has 4 aromatic rings. The number of imide groups is 1. The molecule has 4 aromatic carbocycles. The maximum atomic E-state index is 16.2. The summed E-state index contributed by atoms with van der Waals surface area (Å²) in [5, 5.41) is 5.96. The number of hydrogen-bond acceptors (Lipinski definition) is 9. The number of methoxy groups -OCH3 is 1. The first kappa shape index (κ1) is 49.2. The number of benzene rings is 4. The number of hydrogen-bond donors (Lipinski definition) is 3. The number of amides is 6. The summed E-state index contributed by atoms with van der Waals surface area (Å²) in [6, 6.07) is 17.7. The van der Waals surface area contributed by atoms with Crippen molar-refractivity contribution in [3.05, 3.63) is 111 Å². The Morgan fingerprint density at radius 1 is 0.857 bits per heavy atom. The molecule has 0 spiro atoms. The van der Waals surface area contributed by atoms with Crippen LogP contribution < -0.4 is 30.7 Å². The van der Waals surface area contributed by atoms with Crippen molar-refractivity contribution >= 4 is 58.5 Å². The monoisotopic (exact) mass is 1000 g/mol. The lowest BCUT2D eigenvalue weighted by atomic mass is 9.77. The Morgan fingerprint density at radius 3 is 2.17 bits per heavy atom. The molecule has 70 heavy (non-hydrogen) atoms. The Labute approximate surface area is 415 Å². The number of halogens is 4. The van der Waals surface area contributed by atoms with Gasteiger partial charge in [0.25, 0.3) is 5.91 Å². The van der Waals surface area contributed by atoms with Crippen LogP contribution in [0.5, 0.6) is 11.5 Å². The van der Waals surface area contributed by atoms with Gasteiger partial charge in [-0.3, -0.25) is 29.4 Å². The van der Waals surface area contributed by atoms with Crippen molar-refractivity contribution in [1.29, 1.82) is 0 Å². The van der Waals surface area contributed by atoms with E-state index in [0.29, 0.717) is 80.2 Å². The van der Waals surface area contributed by atoms with E-state index < -0.39 is 35.1 Å². The number of piperidine rings is 2. The van der Waals surface area contributed by atoms with Crippen LogP contribution in [0.2, 0.25) is 10.0 Å². The van der Waals surface area contributed by atoms with Gasteiger partial charge in [-0.15, -0.1) is 0 Å². The molecular formula is C52H56Cl2F2N6O8. The highest BCUT2D eigenvalue weighted by atomic mass is 35.5. The second kappa shape index (κ2) is 20.5. The van der Waals surface area contributed by atoms with Gasteiger partial charge in [-0.05, 0) is 87.3 Å². The van der Waals surface area contributed by atoms with Gasteiger partial charge in [0.15, 0.2) is 17.2 Å². The van der Waals surface area contributed by atoms with Crippen molar-refractivity contribution in [2.24, 2.45) is 11.7 Å². The fourth-order valence-electron chi connectivity index (χ4n) is 11.0. The van der Waals surface area contributed by atoms with E-state index >= 15 is 8.78 Å².